The lowest BCUT2D eigenvalue weighted by atomic mass is 10.2. The van der Waals surface area contributed by atoms with Gasteiger partial charge in [-0.2, -0.15) is 0 Å². The number of hydrogen-bond acceptors (Lipinski definition) is 0. The summed E-state index contributed by atoms with van der Waals surface area (Å²) >= 11 is 0. The number of allylic oxidation sites excluding steroid dienone is 3. The van der Waals surface area contributed by atoms with Crippen LogP contribution in [0, 0.1) is 0 Å². The van der Waals surface area contributed by atoms with Crippen molar-refractivity contribution in [2.75, 3.05) is 0 Å². The molecule has 2 heteroatoms. The van der Waals surface area contributed by atoms with E-state index in [1.54, 1.807) is 0 Å². The maximum atomic E-state index is 12.2. The third-order valence-corrected chi connectivity index (χ3v) is 1.10. The van der Waals surface area contributed by atoms with Crippen molar-refractivity contribution in [2.45, 2.75) is 25.9 Å². The Morgan fingerprint density at radius 1 is 1.70 bits per heavy atom. The highest BCUT2D eigenvalue weighted by Gasteiger charge is 1.94. The first-order chi connectivity index (χ1) is 4.66. The van der Waals surface area contributed by atoms with Gasteiger partial charge < -0.3 is 0 Å². The molecule has 0 aromatic rings. The molecular formula is C8H12F2. The Kier molecular flexibility index (Phi) is 4.81. The van der Waals surface area contributed by atoms with Crippen molar-refractivity contribution in [3.05, 3.63) is 24.6 Å². The second-order valence-corrected chi connectivity index (χ2v) is 2.15. The van der Waals surface area contributed by atoms with Gasteiger partial charge in [-0.05, 0) is 31.9 Å². The Morgan fingerprint density at radius 2 is 2.30 bits per heavy atom. The van der Waals surface area contributed by atoms with Crippen molar-refractivity contribution in [2.24, 2.45) is 0 Å². The molecule has 0 aliphatic rings. The van der Waals surface area contributed by atoms with E-state index in [0.717, 1.165) is 6.08 Å². The molecule has 0 aliphatic heterocycles. The van der Waals surface area contributed by atoms with E-state index in [2.05, 4.69) is 6.58 Å². The molecule has 0 rings (SSSR count). The first kappa shape index (κ1) is 9.34. The molecule has 0 amide bonds. The van der Waals surface area contributed by atoms with Crippen molar-refractivity contribution >= 4 is 0 Å². The van der Waals surface area contributed by atoms with Gasteiger partial charge in [0.1, 0.15) is 5.83 Å². The molecule has 58 valence electrons. The van der Waals surface area contributed by atoms with E-state index in [9.17, 15) is 8.78 Å². The van der Waals surface area contributed by atoms with E-state index in [1.807, 2.05) is 0 Å². The summed E-state index contributed by atoms with van der Waals surface area (Å²) in [5, 5.41) is 0. The minimum atomic E-state index is -0.853. The summed E-state index contributed by atoms with van der Waals surface area (Å²) in [6.07, 6.45) is 2.41. The first-order valence-corrected chi connectivity index (χ1v) is 3.29. The highest BCUT2D eigenvalue weighted by atomic mass is 19.1. The third kappa shape index (κ3) is 5.48. The number of halogens is 2. The average molecular weight is 146 g/mol. The number of rotatable bonds is 4. The number of hydrogen-bond donors (Lipinski definition) is 0. The lowest BCUT2D eigenvalue weighted by Crippen LogP contribution is -1.89. The normalized spacial score (nSPS) is 14.9. The summed E-state index contributed by atoms with van der Waals surface area (Å²) in [5.41, 5.74) is 0. The third-order valence-electron chi connectivity index (χ3n) is 1.10. The molecule has 0 aliphatic carbocycles. The smallest absolute Gasteiger partial charge is 0.118 e. The van der Waals surface area contributed by atoms with Crippen LogP contribution in [-0.2, 0) is 0 Å². The zero-order valence-corrected chi connectivity index (χ0v) is 6.11. The first-order valence-electron chi connectivity index (χ1n) is 3.29. The highest BCUT2D eigenvalue weighted by Crippen LogP contribution is 2.05. The van der Waals surface area contributed by atoms with Gasteiger partial charge in [0.15, 0.2) is 0 Å². The largest absolute Gasteiger partial charge is 0.248 e. The van der Waals surface area contributed by atoms with E-state index in [1.165, 1.54) is 13.0 Å². The molecule has 0 unspecified atom stereocenters. The Balaban J connectivity index is 3.43. The second-order valence-electron chi connectivity index (χ2n) is 2.15. The maximum Gasteiger partial charge on any atom is 0.118 e. The van der Waals surface area contributed by atoms with Crippen LogP contribution in [0.4, 0.5) is 8.78 Å². The predicted octanol–water partition coefficient (Wildman–Crippen LogP) is 3.16. The SMILES string of the molecule is C=C/C(F)=C\CC[C@H](C)F. The maximum absolute atomic E-state index is 12.2. The van der Waals surface area contributed by atoms with Crippen LogP contribution < -0.4 is 0 Å². The van der Waals surface area contributed by atoms with Gasteiger partial charge in [-0.3, -0.25) is 0 Å². The topological polar surface area (TPSA) is 0 Å². The van der Waals surface area contributed by atoms with Crippen LogP contribution >= 0.6 is 0 Å². The van der Waals surface area contributed by atoms with Crippen LogP contribution in [0.3, 0.4) is 0 Å². The fourth-order valence-corrected chi connectivity index (χ4v) is 0.534. The minimum absolute atomic E-state index is 0.374. The Labute approximate surface area is 60.2 Å². The van der Waals surface area contributed by atoms with Crippen molar-refractivity contribution in [1.29, 1.82) is 0 Å². The number of alkyl halides is 1. The molecule has 0 heterocycles. The fourth-order valence-electron chi connectivity index (χ4n) is 0.534. The van der Waals surface area contributed by atoms with Gasteiger partial charge in [-0.25, -0.2) is 8.78 Å². The predicted molar refractivity (Wildman–Crippen MR) is 39.2 cm³/mol. The summed E-state index contributed by atoms with van der Waals surface area (Å²) < 4.78 is 24.3. The summed E-state index contributed by atoms with van der Waals surface area (Å²) in [4.78, 5) is 0. The zero-order chi connectivity index (χ0) is 7.98. The lowest BCUT2D eigenvalue weighted by molar-refractivity contribution is 0.343. The van der Waals surface area contributed by atoms with Crippen LogP contribution in [0.1, 0.15) is 19.8 Å². The molecule has 0 nitrogen and oxygen atoms in total. The quantitative estimate of drug-likeness (QED) is 0.534. The molecule has 0 aromatic carbocycles. The fraction of sp³-hybridized carbons (Fsp3) is 0.500. The van der Waals surface area contributed by atoms with Gasteiger partial charge in [0.05, 0.1) is 6.17 Å². The van der Waals surface area contributed by atoms with Crippen molar-refractivity contribution in [3.8, 4) is 0 Å². The molecule has 0 radical (unpaired) electrons. The van der Waals surface area contributed by atoms with E-state index in [-0.39, 0.29) is 5.83 Å². The minimum Gasteiger partial charge on any atom is -0.248 e. The van der Waals surface area contributed by atoms with Crippen molar-refractivity contribution < 1.29 is 8.78 Å². The monoisotopic (exact) mass is 146 g/mol. The molecule has 0 N–H and O–H groups in total. The Bertz CT molecular complexity index is 125. The molecule has 0 saturated carbocycles. The van der Waals surface area contributed by atoms with E-state index < -0.39 is 6.17 Å². The highest BCUT2D eigenvalue weighted by molar-refractivity contribution is 5.06. The van der Waals surface area contributed by atoms with Crippen LogP contribution in [0.25, 0.3) is 0 Å². The van der Waals surface area contributed by atoms with Crippen LogP contribution in [-0.4, -0.2) is 6.17 Å². The van der Waals surface area contributed by atoms with Gasteiger partial charge in [0, 0.05) is 0 Å². The molecule has 0 spiro atoms. The molecular weight excluding hydrogens is 134 g/mol. The molecule has 0 saturated heterocycles. The van der Waals surface area contributed by atoms with Gasteiger partial charge >= 0.3 is 0 Å². The van der Waals surface area contributed by atoms with Crippen LogP contribution in [0.5, 0.6) is 0 Å². The summed E-state index contributed by atoms with van der Waals surface area (Å²) in [6, 6.07) is 0. The Hall–Kier alpha value is -0.660. The van der Waals surface area contributed by atoms with Crippen molar-refractivity contribution in [3.63, 3.8) is 0 Å². The average Bonchev–Trinajstić information content (AvgIpc) is 1.87. The molecule has 0 fully saturated rings. The summed E-state index contributed by atoms with van der Waals surface area (Å²) in [6.45, 7) is 4.68. The van der Waals surface area contributed by atoms with E-state index in [0.29, 0.717) is 12.8 Å². The molecule has 1 atom stereocenters. The van der Waals surface area contributed by atoms with E-state index in [4.69, 9.17) is 0 Å². The summed E-state index contributed by atoms with van der Waals surface area (Å²) in [5.74, 6) is -0.374. The van der Waals surface area contributed by atoms with Crippen LogP contribution in [0.2, 0.25) is 0 Å². The van der Waals surface area contributed by atoms with E-state index >= 15 is 0 Å². The van der Waals surface area contributed by atoms with Gasteiger partial charge in [0.2, 0.25) is 0 Å². The lowest BCUT2D eigenvalue weighted by Gasteiger charge is -1.95. The van der Waals surface area contributed by atoms with Gasteiger partial charge in [-0.1, -0.05) is 6.58 Å². The molecule has 0 aromatic heterocycles. The summed E-state index contributed by atoms with van der Waals surface area (Å²) in [7, 11) is 0. The zero-order valence-electron chi connectivity index (χ0n) is 6.11. The molecule has 0 bridgehead atoms. The van der Waals surface area contributed by atoms with Crippen molar-refractivity contribution in [1.82, 2.24) is 0 Å². The molecule has 10 heavy (non-hydrogen) atoms. The Morgan fingerprint density at radius 3 is 2.70 bits per heavy atom. The van der Waals surface area contributed by atoms with Gasteiger partial charge in [0.25, 0.3) is 0 Å². The van der Waals surface area contributed by atoms with Crippen LogP contribution in [0.15, 0.2) is 24.6 Å². The van der Waals surface area contributed by atoms with Gasteiger partial charge in [-0.15, -0.1) is 0 Å². The second kappa shape index (κ2) is 5.15. The standard InChI is InChI=1S/C8H12F2/c1-3-8(10)6-4-5-7(2)9/h3,6-7H,1,4-5H2,2H3/b8-6+/t7-/m0/s1.